The highest BCUT2D eigenvalue weighted by Gasteiger charge is 2.67. The monoisotopic (exact) mass is 290 g/mol. The first kappa shape index (κ1) is 13.2. The Kier molecular flexibility index (Phi) is 2.69. The van der Waals surface area contributed by atoms with Crippen molar-refractivity contribution in [2.75, 3.05) is 0 Å². The van der Waals surface area contributed by atoms with E-state index in [0.717, 1.165) is 17.7 Å². The Bertz CT molecular complexity index is 564. The Morgan fingerprint density at radius 3 is 2.43 bits per heavy atom. The summed E-state index contributed by atoms with van der Waals surface area (Å²) >= 11 is 0. The Morgan fingerprint density at radius 2 is 1.90 bits per heavy atom. The largest absolute Gasteiger partial charge is 0.479 e. The first-order valence-electron chi connectivity index (χ1n) is 8.16. The van der Waals surface area contributed by atoms with Gasteiger partial charge in [-0.2, -0.15) is 0 Å². The highest BCUT2D eigenvalue weighted by Crippen LogP contribution is 2.72. The maximum absolute atomic E-state index is 11.8. The van der Waals surface area contributed by atoms with Crippen molar-refractivity contribution in [3.05, 3.63) is 5.82 Å². The summed E-state index contributed by atoms with van der Waals surface area (Å²) in [5.74, 6) is 3.50. The summed E-state index contributed by atoms with van der Waals surface area (Å²) < 4.78 is 1.64. The van der Waals surface area contributed by atoms with Crippen LogP contribution in [0.15, 0.2) is 0 Å². The van der Waals surface area contributed by atoms with Gasteiger partial charge in [-0.15, -0.1) is 5.10 Å². The van der Waals surface area contributed by atoms with Crippen LogP contribution in [0.2, 0.25) is 0 Å². The maximum Gasteiger partial charge on any atom is 0.331 e. The minimum atomic E-state index is -0.991. The molecule has 0 radical (unpaired) electrons. The van der Waals surface area contributed by atoms with Crippen molar-refractivity contribution in [2.45, 2.75) is 57.4 Å². The van der Waals surface area contributed by atoms with E-state index >= 15 is 0 Å². The van der Waals surface area contributed by atoms with Gasteiger partial charge >= 0.3 is 5.97 Å². The lowest BCUT2D eigenvalue weighted by Crippen LogP contribution is -2.43. The smallest absolute Gasteiger partial charge is 0.331 e. The van der Waals surface area contributed by atoms with Crippen molar-refractivity contribution in [2.24, 2.45) is 23.7 Å². The highest BCUT2D eigenvalue weighted by molar-refractivity contribution is 5.76. The first-order valence-corrected chi connectivity index (χ1v) is 8.16. The molecule has 1 heterocycles. The lowest BCUT2D eigenvalue weighted by Gasteiger charge is -2.27. The van der Waals surface area contributed by atoms with E-state index in [0.29, 0.717) is 30.6 Å². The van der Waals surface area contributed by atoms with Gasteiger partial charge in [0.1, 0.15) is 0 Å². The fraction of sp³-hybridized carbons (Fsp3) is 0.867. The van der Waals surface area contributed by atoms with Crippen LogP contribution in [-0.2, 0) is 10.3 Å². The summed E-state index contributed by atoms with van der Waals surface area (Å²) in [6, 6.07) is 0. The van der Waals surface area contributed by atoms with Gasteiger partial charge in [0.15, 0.2) is 11.4 Å². The van der Waals surface area contributed by atoms with E-state index in [9.17, 15) is 9.90 Å². The molecule has 6 nitrogen and oxygen atoms in total. The minimum absolute atomic E-state index is 0.406. The van der Waals surface area contributed by atoms with Crippen LogP contribution in [-0.4, -0.2) is 31.3 Å². The zero-order valence-corrected chi connectivity index (χ0v) is 12.6. The van der Waals surface area contributed by atoms with Crippen LogP contribution in [0.5, 0.6) is 0 Å². The molecule has 21 heavy (non-hydrogen) atoms. The number of nitrogens with zero attached hydrogens (tertiary/aromatic N) is 4. The number of rotatable bonds is 5. The van der Waals surface area contributed by atoms with Crippen LogP contribution >= 0.6 is 0 Å². The molecule has 4 atom stereocenters. The third-order valence-corrected chi connectivity index (χ3v) is 6.50. The SMILES string of the molecule is CCC(CC)(C(=O)O)n1nnnc1C1C2C3CCC(C3)C12. The molecule has 4 rings (SSSR count). The van der Waals surface area contributed by atoms with Gasteiger partial charge in [-0.3, -0.25) is 0 Å². The Balaban J connectivity index is 1.71. The molecule has 0 spiro atoms. The summed E-state index contributed by atoms with van der Waals surface area (Å²) in [4.78, 5) is 11.8. The lowest BCUT2D eigenvalue weighted by molar-refractivity contribution is -0.148. The van der Waals surface area contributed by atoms with Gasteiger partial charge in [-0.05, 0) is 66.2 Å². The maximum atomic E-state index is 11.8. The molecule has 2 bridgehead atoms. The molecular weight excluding hydrogens is 268 g/mol. The van der Waals surface area contributed by atoms with Crippen molar-refractivity contribution >= 4 is 5.97 Å². The molecule has 1 aromatic rings. The molecule has 3 aliphatic rings. The van der Waals surface area contributed by atoms with Crippen molar-refractivity contribution < 1.29 is 9.90 Å². The predicted octanol–water partition coefficient (Wildman–Crippen LogP) is 2.03. The molecule has 0 amide bonds. The molecule has 1 N–H and O–H groups in total. The number of hydrogen-bond acceptors (Lipinski definition) is 4. The second-order valence-corrected chi connectivity index (χ2v) is 7.01. The molecule has 3 saturated carbocycles. The van der Waals surface area contributed by atoms with E-state index in [1.165, 1.54) is 19.3 Å². The third kappa shape index (κ3) is 1.53. The fourth-order valence-corrected chi connectivity index (χ4v) is 5.32. The molecular formula is C15H22N4O2. The van der Waals surface area contributed by atoms with E-state index in [2.05, 4.69) is 15.5 Å². The second-order valence-electron chi connectivity index (χ2n) is 7.01. The quantitative estimate of drug-likeness (QED) is 0.897. The highest BCUT2D eigenvalue weighted by atomic mass is 16.4. The lowest BCUT2D eigenvalue weighted by atomic mass is 9.92. The molecule has 3 aliphatic carbocycles. The topological polar surface area (TPSA) is 80.9 Å². The van der Waals surface area contributed by atoms with Gasteiger partial charge in [0.05, 0.1) is 0 Å². The van der Waals surface area contributed by atoms with Crippen molar-refractivity contribution in [3.63, 3.8) is 0 Å². The van der Waals surface area contributed by atoms with Crippen LogP contribution < -0.4 is 0 Å². The molecule has 0 aliphatic heterocycles. The Morgan fingerprint density at radius 1 is 1.29 bits per heavy atom. The van der Waals surface area contributed by atoms with Crippen LogP contribution in [0.4, 0.5) is 0 Å². The standard InChI is InChI=1S/C15H22N4O2/c1-3-15(4-2,14(20)21)19-13(16-17-18-19)12-10-8-5-6-9(7-8)11(10)12/h8-12H,3-7H2,1-2H3,(H,20,21). The summed E-state index contributed by atoms with van der Waals surface area (Å²) in [7, 11) is 0. The zero-order valence-electron chi connectivity index (χ0n) is 12.6. The third-order valence-electron chi connectivity index (χ3n) is 6.50. The molecule has 114 valence electrons. The zero-order chi connectivity index (χ0) is 14.8. The van der Waals surface area contributed by atoms with Gasteiger partial charge in [0, 0.05) is 5.92 Å². The molecule has 3 fully saturated rings. The van der Waals surface area contributed by atoms with Gasteiger partial charge < -0.3 is 5.11 Å². The average Bonchev–Trinajstić information content (AvgIpc) is 2.90. The number of carboxylic acids is 1. The van der Waals surface area contributed by atoms with Crippen molar-refractivity contribution in [1.29, 1.82) is 0 Å². The first-order chi connectivity index (χ1) is 10.1. The van der Waals surface area contributed by atoms with E-state index < -0.39 is 11.5 Å². The molecule has 4 unspecified atom stereocenters. The van der Waals surface area contributed by atoms with Gasteiger partial charge in [0.2, 0.25) is 0 Å². The van der Waals surface area contributed by atoms with E-state index in [1.807, 2.05) is 13.8 Å². The van der Waals surface area contributed by atoms with Gasteiger partial charge in [-0.1, -0.05) is 13.8 Å². The number of tetrazole rings is 1. The number of carboxylic acid groups (broad SMARTS) is 1. The summed E-state index contributed by atoms with van der Waals surface area (Å²) in [6.07, 6.45) is 5.07. The van der Waals surface area contributed by atoms with Crippen LogP contribution in [0.3, 0.4) is 0 Å². The van der Waals surface area contributed by atoms with Crippen LogP contribution in [0.25, 0.3) is 0 Å². The molecule has 1 aromatic heterocycles. The molecule has 6 heteroatoms. The number of aromatic nitrogens is 4. The molecule has 0 aromatic carbocycles. The predicted molar refractivity (Wildman–Crippen MR) is 74.6 cm³/mol. The van der Waals surface area contributed by atoms with Crippen LogP contribution in [0, 0.1) is 23.7 Å². The summed E-state index contributed by atoms with van der Waals surface area (Å²) in [5.41, 5.74) is -0.991. The summed E-state index contributed by atoms with van der Waals surface area (Å²) in [6.45, 7) is 3.81. The second kappa shape index (κ2) is 4.27. The number of carbonyl (C=O) groups is 1. The minimum Gasteiger partial charge on any atom is -0.479 e. The number of aliphatic carboxylic acids is 1. The molecule has 0 saturated heterocycles. The van der Waals surface area contributed by atoms with Gasteiger partial charge in [0.25, 0.3) is 0 Å². The van der Waals surface area contributed by atoms with Crippen molar-refractivity contribution in [3.8, 4) is 0 Å². The summed E-state index contributed by atoms with van der Waals surface area (Å²) in [5, 5.41) is 21.9. The average molecular weight is 290 g/mol. The van der Waals surface area contributed by atoms with Crippen LogP contribution in [0.1, 0.15) is 57.7 Å². The van der Waals surface area contributed by atoms with E-state index in [1.54, 1.807) is 4.68 Å². The fourth-order valence-electron chi connectivity index (χ4n) is 5.32. The number of fused-ring (bicyclic) bond motifs is 5. The Hall–Kier alpha value is -1.46. The Labute approximate surface area is 123 Å². The van der Waals surface area contributed by atoms with E-state index in [-0.39, 0.29) is 0 Å². The normalized spacial score (nSPS) is 36.8. The van der Waals surface area contributed by atoms with Crippen molar-refractivity contribution in [1.82, 2.24) is 20.2 Å². The van der Waals surface area contributed by atoms with E-state index in [4.69, 9.17) is 0 Å². The van der Waals surface area contributed by atoms with Gasteiger partial charge in [-0.25, -0.2) is 9.48 Å². The number of hydrogen-bond donors (Lipinski definition) is 1.